The van der Waals surface area contributed by atoms with E-state index in [0.29, 0.717) is 4.32 Å². The molecule has 0 spiro atoms. The molecule has 0 unspecified atom stereocenters. The van der Waals surface area contributed by atoms with Crippen LogP contribution in [0.25, 0.3) is 0 Å². The van der Waals surface area contributed by atoms with E-state index < -0.39 is 0 Å². The van der Waals surface area contributed by atoms with Gasteiger partial charge in [-0.05, 0) is 65.2 Å². The van der Waals surface area contributed by atoms with Gasteiger partial charge < -0.3 is 29.7 Å². The summed E-state index contributed by atoms with van der Waals surface area (Å²) < 4.78 is 0.579. The van der Waals surface area contributed by atoms with E-state index in [0.717, 1.165) is 13.1 Å². The summed E-state index contributed by atoms with van der Waals surface area (Å²) in [5.41, 5.74) is 0. The third kappa shape index (κ3) is 13.0. The Balaban J connectivity index is 0. The first kappa shape index (κ1) is 20.1. The van der Waals surface area contributed by atoms with Crippen molar-refractivity contribution in [2.75, 3.05) is 13.1 Å². The summed E-state index contributed by atoms with van der Waals surface area (Å²) in [7, 11) is 0. The Labute approximate surface area is 132 Å². The first-order chi connectivity index (χ1) is 7.72. The van der Waals surface area contributed by atoms with Crippen LogP contribution >= 0.6 is 12.2 Å². The van der Waals surface area contributed by atoms with Gasteiger partial charge in [-0.15, -0.1) is 0 Å². The van der Waals surface area contributed by atoms with Crippen LogP contribution in [-0.4, -0.2) is 22.3 Å². The Bertz CT molecular complexity index is 149. The van der Waals surface area contributed by atoms with Gasteiger partial charge in [0.1, 0.15) is 0 Å². The molecule has 17 heavy (non-hydrogen) atoms. The molecule has 4 heteroatoms. The minimum absolute atomic E-state index is 0. The molecule has 0 bridgehead atoms. The van der Waals surface area contributed by atoms with Gasteiger partial charge in [-0.3, -0.25) is 0 Å². The fraction of sp³-hybridized carbons (Fsp3) is 0.615. The Kier molecular flexibility index (Phi) is 17.5. The van der Waals surface area contributed by atoms with Crippen molar-refractivity contribution in [2.24, 2.45) is 0 Å². The number of thiocarbonyl (C=S) groups is 1. The van der Waals surface area contributed by atoms with E-state index in [-0.39, 0.29) is 20.1 Å². The molecule has 0 amide bonds. The van der Waals surface area contributed by atoms with E-state index in [1.807, 2.05) is 18.7 Å². The number of rotatable bonds is 2. The van der Waals surface area contributed by atoms with Gasteiger partial charge in [0, 0.05) is 33.2 Å². The van der Waals surface area contributed by atoms with E-state index >= 15 is 0 Å². The van der Waals surface area contributed by atoms with E-state index in [2.05, 4.69) is 25.7 Å². The Morgan fingerprint density at radius 2 is 1.29 bits per heavy atom. The second-order valence-corrected chi connectivity index (χ2v) is 4.57. The molecular formula is C13H22IrNS2-. The standard InChI is InChI=1S/C8H12.C5H11NS2.Ir/c1-2-4-6-8-7-5-3-1;1-3-6(4-2)5(7)8;/h1-2,7-8H,3-6H2;3-4H2,1-2H3,(H,7,8);/p-1. The Hall–Kier alpha value is 0.759. The topological polar surface area (TPSA) is 3.24 Å². The zero-order valence-electron chi connectivity index (χ0n) is 10.6. The Morgan fingerprint density at radius 1 is 1.00 bits per heavy atom. The van der Waals surface area contributed by atoms with Gasteiger partial charge in [-0.1, -0.05) is 4.32 Å². The molecule has 1 aliphatic rings. The largest absolute Gasteiger partial charge is 0.411 e. The van der Waals surface area contributed by atoms with Crippen LogP contribution < -0.4 is 0 Å². The molecule has 0 heterocycles. The van der Waals surface area contributed by atoms with Crippen molar-refractivity contribution < 1.29 is 20.1 Å². The monoisotopic (exact) mass is 449 g/mol. The van der Waals surface area contributed by atoms with Gasteiger partial charge in [0.05, 0.1) is 0 Å². The quantitative estimate of drug-likeness (QED) is 0.470. The molecule has 0 aromatic heterocycles. The summed E-state index contributed by atoms with van der Waals surface area (Å²) in [6, 6.07) is 0. The van der Waals surface area contributed by atoms with Crippen LogP contribution in [0.4, 0.5) is 0 Å². The first-order valence-corrected chi connectivity index (χ1v) is 6.79. The van der Waals surface area contributed by atoms with Gasteiger partial charge in [-0.25, -0.2) is 0 Å². The molecule has 101 valence electrons. The molecule has 0 aromatic rings. The summed E-state index contributed by atoms with van der Waals surface area (Å²) in [5.74, 6) is 0. The fourth-order valence-electron chi connectivity index (χ4n) is 1.34. The molecule has 1 saturated carbocycles. The third-order valence-electron chi connectivity index (χ3n) is 2.35. The van der Waals surface area contributed by atoms with E-state index in [9.17, 15) is 0 Å². The van der Waals surface area contributed by atoms with Crippen LogP contribution in [-0.2, 0) is 32.7 Å². The molecule has 5 radical (unpaired) electrons. The predicted molar refractivity (Wildman–Crippen MR) is 78.6 cm³/mol. The molecule has 1 aliphatic carbocycles. The maximum absolute atomic E-state index is 4.76. The van der Waals surface area contributed by atoms with Crippen LogP contribution in [0.3, 0.4) is 0 Å². The molecule has 0 atom stereocenters. The molecule has 0 N–H and O–H groups in total. The maximum atomic E-state index is 4.76. The molecule has 0 aromatic carbocycles. The van der Waals surface area contributed by atoms with Crippen molar-refractivity contribution in [3.63, 3.8) is 0 Å². The summed E-state index contributed by atoms with van der Waals surface area (Å²) in [4.78, 5) is 1.96. The smallest absolute Gasteiger partial charge is 0.0133 e. The predicted octanol–water partition coefficient (Wildman–Crippen LogP) is 3.54. The molecule has 1 fully saturated rings. The summed E-state index contributed by atoms with van der Waals surface area (Å²) in [6.45, 7) is 5.95. The average Bonchev–Trinajstić information content (AvgIpc) is 2.18. The van der Waals surface area contributed by atoms with Crippen LogP contribution in [0.2, 0.25) is 0 Å². The van der Waals surface area contributed by atoms with Gasteiger partial charge in [0.25, 0.3) is 0 Å². The molecule has 1 nitrogen and oxygen atoms in total. The van der Waals surface area contributed by atoms with Gasteiger partial charge in [-0.2, -0.15) is 0 Å². The summed E-state index contributed by atoms with van der Waals surface area (Å²) >= 11 is 9.51. The Morgan fingerprint density at radius 3 is 1.41 bits per heavy atom. The summed E-state index contributed by atoms with van der Waals surface area (Å²) in [6.07, 6.45) is 14.0. The molecule has 1 rings (SSSR count). The van der Waals surface area contributed by atoms with Crippen LogP contribution in [0.5, 0.6) is 0 Å². The zero-order valence-corrected chi connectivity index (χ0v) is 14.7. The van der Waals surface area contributed by atoms with Crippen molar-refractivity contribution in [1.82, 2.24) is 4.90 Å². The van der Waals surface area contributed by atoms with Gasteiger partial charge >= 0.3 is 0 Å². The fourth-order valence-corrected chi connectivity index (χ4v) is 1.85. The van der Waals surface area contributed by atoms with Crippen molar-refractivity contribution >= 4 is 29.2 Å². The van der Waals surface area contributed by atoms with Crippen LogP contribution in [0.15, 0.2) is 0 Å². The van der Waals surface area contributed by atoms with E-state index in [4.69, 9.17) is 24.8 Å². The maximum Gasteiger partial charge on any atom is 0.0133 e. The second kappa shape index (κ2) is 14.8. The molecule has 0 saturated heterocycles. The summed E-state index contributed by atoms with van der Waals surface area (Å²) in [5, 5.41) is 0. The number of hydrogen-bond acceptors (Lipinski definition) is 2. The number of hydrogen-bond donors (Lipinski definition) is 0. The average molecular weight is 449 g/mol. The van der Waals surface area contributed by atoms with E-state index in [1.54, 1.807) is 0 Å². The molecular weight excluding hydrogens is 427 g/mol. The van der Waals surface area contributed by atoms with Crippen LogP contribution in [0, 0.1) is 25.7 Å². The van der Waals surface area contributed by atoms with Crippen molar-refractivity contribution in [3.05, 3.63) is 25.7 Å². The van der Waals surface area contributed by atoms with Crippen molar-refractivity contribution in [2.45, 2.75) is 39.5 Å². The van der Waals surface area contributed by atoms with Crippen LogP contribution in [0.1, 0.15) is 39.5 Å². The van der Waals surface area contributed by atoms with Crippen molar-refractivity contribution in [1.29, 1.82) is 0 Å². The minimum Gasteiger partial charge on any atom is -0.411 e. The minimum atomic E-state index is 0. The molecule has 0 aliphatic heterocycles. The van der Waals surface area contributed by atoms with Gasteiger partial charge in [0.2, 0.25) is 0 Å². The zero-order chi connectivity index (χ0) is 12.2. The van der Waals surface area contributed by atoms with Gasteiger partial charge in [0.15, 0.2) is 0 Å². The third-order valence-corrected chi connectivity index (χ3v) is 2.87. The van der Waals surface area contributed by atoms with Crippen molar-refractivity contribution in [3.8, 4) is 0 Å². The number of nitrogens with zero attached hydrogens (tertiary/aromatic N) is 1. The normalized spacial score (nSPS) is 15.4. The SMILES string of the molecule is CCN(CC)C(=S)[S-].[CH]1[CH]CC[CH][CH]CC1.[Ir]. The first-order valence-electron chi connectivity index (χ1n) is 5.98. The van der Waals surface area contributed by atoms with E-state index in [1.165, 1.54) is 25.7 Å². The second-order valence-electron chi connectivity index (χ2n) is 3.54.